The number of hydrogen-bond acceptors (Lipinski definition) is 4. The van der Waals surface area contributed by atoms with Crippen LogP contribution in [-0.2, 0) is 17.8 Å². The molecule has 1 unspecified atom stereocenters. The second-order valence-corrected chi connectivity index (χ2v) is 7.82. The Morgan fingerprint density at radius 3 is 2.45 bits per heavy atom. The van der Waals surface area contributed by atoms with Gasteiger partial charge in [0.25, 0.3) is 5.56 Å². The Kier molecular flexibility index (Phi) is 6.50. The van der Waals surface area contributed by atoms with E-state index >= 15 is 0 Å². The number of rotatable bonds is 6. The molecule has 0 aliphatic heterocycles. The van der Waals surface area contributed by atoms with E-state index in [1.165, 1.54) is 0 Å². The maximum absolute atomic E-state index is 12.6. The van der Waals surface area contributed by atoms with E-state index in [1.807, 2.05) is 43.5 Å². The molecule has 0 radical (unpaired) electrons. The van der Waals surface area contributed by atoms with Crippen LogP contribution < -0.4 is 16.6 Å². The first kappa shape index (κ1) is 20.8. The number of hydrogen-bond donors (Lipinski definition) is 2. The molecule has 6 nitrogen and oxygen atoms in total. The number of aryl methyl sites for hydroxylation is 1. The van der Waals surface area contributed by atoms with E-state index in [0.29, 0.717) is 25.8 Å². The lowest BCUT2D eigenvalue weighted by atomic mass is 9.81. The summed E-state index contributed by atoms with van der Waals surface area (Å²) >= 11 is 0. The molecule has 1 heterocycles. The minimum absolute atomic E-state index is 0.0175. The Hall–Kier alpha value is -2.91. The van der Waals surface area contributed by atoms with Crippen molar-refractivity contribution in [3.63, 3.8) is 0 Å². The van der Waals surface area contributed by atoms with Gasteiger partial charge in [0.1, 0.15) is 6.04 Å². The molecule has 2 aromatic rings. The minimum Gasteiger partial charge on any atom is -0.338 e. The topological polar surface area (TPSA) is 101 Å². The van der Waals surface area contributed by atoms with Gasteiger partial charge in [-0.3, -0.25) is 9.59 Å². The van der Waals surface area contributed by atoms with Gasteiger partial charge in [0, 0.05) is 25.2 Å². The number of benzene rings is 1. The highest BCUT2D eigenvalue weighted by Crippen LogP contribution is 2.26. The number of aromatic nitrogens is 1. The van der Waals surface area contributed by atoms with Crippen LogP contribution in [0.3, 0.4) is 0 Å². The molecule has 0 spiro atoms. The molecule has 6 heteroatoms. The van der Waals surface area contributed by atoms with Crippen molar-refractivity contribution < 1.29 is 4.79 Å². The van der Waals surface area contributed by atoms with Gasteiger partial charge in [-0.15, -0.1) is 0 Å². The fraction of sp³-hybridized carbons (Fsp3) is 0.435. The molecule has 1 aliphatic rings. The van der Waals surface area contributed by atoms with Crippen LogP contribution in [0.15, 0.2) is 47.4 Å². The van der Waals surface area contributed by atoms with Gasteiger partial charge in [0.2, 0.25) is 5.91 Å². The Balaban J connectivity index is 1.67. The second kappa shape index (κ2) is 9.06. The fourth-order valence-corrected chi connectivity index (χ4v) is 3.86. The predicted molar refractivity (Wildman–Crippen MR) is 113 cm³/mol. The van der Waals surface area contributed by atoms with E-state index < -0.39 is 11.6 Å². The molecule has 1 fully saturated rings. The number of nitrogens with one attached hydrogen (secondary N) is 1. The summed E-state index contributed by atoms with van der Waals surface area (Å²) in [6.45, 7) is 2.56. The summed E-state index contributed by atoms with van der Waals surface area (Å²) < 4.78 is 1.67. The molecule has 1 saturated carbocycles. The minimum atomic E-state index is -0.848. The molecule has 0 saturated heterocycles. The molecule has 152 valence electrons. The molecule has 0 bridgehead atoms. The molecule has 1 aliphatic carbocycles. The molecular formula is C23H28N4O2. The quantitative estimate of drug-likeness (QED) is 0.789. The van der Waals surface area contributed by atoms with Crippen LogP contribution in [-0.4, -0.2) is 22.1 Å². The van der Waals surface area contributed by atoms with Crippen molar-refractivity contribution in [2.75, 3.05) is 0 Å². The summed E-state index contributed by atoms with van der Waals surface area (Å²) in [5, 5.41) is 12.3. The Bertz CT molecular complexity index is 950. The number of carbonyl (C=O) groups excluding carboxylic acids is 1. The molecule has 29 heavy (non-hydrogen) atoms. The zero-order valence-corrected chi connectivity index (χ0v) is 16.9. The summed E-state index contributed by atoms with van der Waals surface area (Å²) in [5.74, 6) is -0.220. The Labute approximate surface area is 171 Å². The normalized spacial score (nSPS) is 16.6. The molecule has 1 atom stereocenters. The summed E-state index contributed by atoms with van der Waals surface area (Å²) in [4.78, 5) is 24.3. The summed E-state index contributed by atoms with van der Waals surface area (Å²) in [6, 6.07) is 12.8. The number of carbonyl (C=O) groups is 1. The highest BCUT2D eigenvalue weighted by Gasteiger charge is 2.36. The van der Waals surface area contributed by atoms with E-state index in [0.717, 1.165) is 36.0 Å². The first-order valence-electron chi connectivity index (χ1n) is 10.2. The van der Waals surface area contributed by atoms with Crippen LogP contribution in [0.4, 0.5) is 0 Å². The van der Waals surface area contributed by atoms with Gasteiger partial charge in [-0.2, -0.15) is 5.26 Å². The van der Waals surface area contributed by atoms with Crippen LogP contribution in [0, 0.1) is 11.3 Å². The number of pyridine rings is 1. The first-order valence-corrected chi connectivity index (χ1v) is 10.2. The van der Waals surface area contributed by atoms with Crippen molar-refractivity contribution in [2.24, 2.45) is 5.73 Å². The van der Waals surface area contributed by atoms with Crippen molar-refractivity contribution >= 4 is 5.91 Å². The summed E-state index contributed by atoms with van der Waals surface area (Å²) in [7, 11) is 0. The standard InChI is InChI=1S/C23H28N4O2/c1-2-27-16-19(10-11-21(27)28)18-8-6-17(7-9-18)14-20(15-24)26-22(29)23(25)12-4-3-5-13-23/h6-11,16,20H,2-5,12-14,25H2,1H3,(H,26,29). The lowest BCUT2D eigenvalue weighted by molar-refractivity contribution is -0.127. The largest absolute Gasteiger partial charge is 0.338 e. The van der Waals surface area contributed by atoms with Gasteiger partial charge >= 0.3 is 0 Å². The monoisotopic (exact) mass is 392 g/mol. The van der Waals surface area contributed by atoms with Crippen molar-refractivity contribution in [1.29, 1.82) is 5.26 Å². The van der Waals surface area contributed by atoms with Gasteiger partial charge in [-0.25, -0.2) is 0 Å². The van der Waals surface area contributed by atoms with Crippen molar-refractivity contribution in [3.05, 3.63) is 58.5 Å². The fourth-order valence-electron chi connectivity index (χ4n) is 3.86. The van der Waals surface area contributed by atoms with Gasteiger partial charge in [-0.05, 0) is 42.5 Å². The number of nitriles is 1. The zero-order chi connectivity index (χ0) is 20.9. The number of nitrogens with zero attached hydrogens (tertiary/aromatic N) is 2. The van der Waals surface area contributed by atoms with Crippen molar-refractivity contribution in [1.82, 2.24) is 9.88 Å². The molecular weight excluding hydrogens is 364 g/mol. The zero-order valence-electron chi connectivity index (χ0n) is 16.9. The van der Waals surface area contributed by atoms with Crippen LogP contribution in [0.5, 0.6) is 0 Å². The molecule has 3 N–H and O–H groups in total. The second-order valence-electron chi connectivity index (χ2n) is 7.82. The average Bonchev–Trinajstić information content (AvgIpc) is 2.74. The Morgan fingerprint density at radius 1 is 1.17 bits per heavy atom. The molecule has 1 aromatic carbocycles. The highest BCUT2D eigenvalue weighted by molar-refractivity contribution is 5.86. The maximum atomic E-state index is 12.6. The van der Waals surface area contributed by atoms with Gasteiger partial charge in [-0.1, -0.05) is 43.5 Å². The highest BCUT2D eigenvalue weighted by atomic mass is 16.2. The molecule has 3 rings (SSSR count). The first-order chi connectivity index (χ1) is 13.9. The summed E-state index contributed by atoms with van der Waals surface area (Å²) in [6.07, 6.45) is 6.63. The van der Waals surface area contributed by atoms with Gasteiger partial charge in [0.15, 0.2) is 0 Å². The third kappa shape index (κ3) is 4.93. The molecule has 1 amide bonds. The SMILES string of the molecule is CCn1cc(-c2ccc(CC(C#N)NC(=O)C3(N)CCCCC3)cc2)ccc1=O. The van der Waals surface area contributed by atoms with E-state index in [9.17, 15) is 14.9 Å². The number of amides is 1. The maximum Gasteiger partial charge on any atom is 0.250 e. The third-order valence-corrected chi connectivity index (χ3v) is 5.71. The van der Waals surface area contributed by atoms with E-state index in [-0.39, 0.29) is 11.5 Å². The average molecular weight is 393 g/mol. The number of nitrogens with two attached hydrogens (primary N) is 1. The van der Waals surface area contributed by atoms with Crippen LogP contribution in [0.1, 0.15) is 44.6 Å². The summed E-state index contributed by atoms with van der Waals surface area (Å²) in [5.41, 5.74) is 8.32. The lowest BCUT2D eigenvalue weighted by Crippen LogP contribution is -2.57. The third-order valence-electron chi connectivity index (χ3n) is 5.71. The van der Waals surface area contributed by atoms with Crippen LogP contribution >= 0.6 is 0 Å². The lowest BCUT2D eigenvalue weighted by Gasteiger charge is -2.32. The van der Waals surface area contributed by atoms with Crippen LogP contribution in [0.2, 0.25) is 0 Å². The Morgan fingerprint density at radius 2 is 1.83 bits per heavy atom. The van der Waals surface area contributed by atoms with E-state index in [2.05, 4.69) is 11.4 Å². The van der Waals surface area contributed by atoms with Gasteiger partial charge < -0.3 is 15.6 Å². The van der Waals surface area contributed by atoms with E-state index in [4.69, 9.17) is 5.73 Å². The van der Waals surface area contributed by atoms with Crippen molar-refractivity contribution in [2.45, 2.75) is 63.6 Å². The molecule has 1 aromatic heterocycles. The predicted octanol–water partition coefficient (Wildman–Crippen LogP) is 2.75. The van der Waals surface area contributed by atoms with E-state index in [1.54, 1.807) is 10.6 Å². The van der Waals surface area contributed by atoms with Crippen molar-refractivity contribution in [3.8, 4) is 17.2 Å². The smallest absolute Gasteiger partial charge is 0.250 e. The van der Waals surface area contributed by atoms with Crippen LogP contribution in [0.25, 0.3) is 11.1 Å². The van der Waals surface area contributed by atoms with Gasteiger partial charge in [0.05, 0.1) is 11.6 Å².